The summed E-state index contributed by atoms with van der Waals surface area (Å²) in [6.07, 6.45) is 3.76. The first-order chi connectivity index (χ1) is 14.7. The number of aromatic nitrogens is 1. The summed E-state index contributed by atoms with van der Waals surface area (Å²) in [7, 11) is 0. The molecule has 0 unspecified atom stereocenters. The van der Waals surface area contributed by atoms with Crippen molar-refractivity contribution in [1.29, 1.82) is 0 Å². The second kappa shape index (κ2) is 7.81. The third-order valence-electron chi connectivity index (χ3n) is 5.86. The number of benzene rings is 3. The molecule has 4 aromatic rings. The van der Waals surface area contributed by atoms with Crippen molar-refractivity contribution in [1.82, 2.24) is 10.0 Å². The van der Waals surface area contributed by atoms with Crippen LogP contribution in [0.4, 0.5) is 0 Å². The van der Waals surface area contributed by atoms with Gasteiger partial charge < -0.3 is 9.82 Å². The normalized spacial score (nSPS) is 13.7. The average molecular weight is 396 g/mol. The van der Waals surface area contributed by atoms with Crippen LogP contribution in [0.1, 0.15) is 23.6 Å². The molecular formula is C26H24N2O2. The molecule has 0 bridgehead atoms. The second-order valence-corrected chi connectivity index (χ2v) is 7.97. The van der Waals surface area contributed by atoms with Crippen LogP contribution in [0.25, 0.3) is 22.0 Å². The second-order valence-electron chi connectivity index (χ2n) is 7.97. The Hall–Kier alpha value is -3.37. The number of H-pyrrole nitrogens is 1. The van der Waals surface area contributed by atoms with Crippen LogP contribution in [-0.4, -0.2) is 22.1 Å². The van der Waals surface area contributed by atoms with Crippen LogP contribution < -0.4 is 0 Å². The van der Waals surface area contributed by atoms with Crippen molar-refractivity contribution in [3.8, 4) is 11.1 Å². The highest BCUT2D eigenvalue weighted by Gasteiger charge is 2.29. The largest absolute Gasteiger partial charge is 0.368 e. The summed E-state index contributed by atoms with van der Waals surface area (Å²) in [6.45, 7) is 2.05. The van der Waals surface area contributed by atoms with Crippen molar-refractivity contribution < 1.29 is 9.63 Å². The van der Waals surface area contributed by atoms with Crippen molar-refractivity contribution >= 4 is 16.9 Å². The van der Waals surface area contributed by atoms with Gasteiger partial charge >= 0.3 is 5.97 Å². The number of aromatic amines is 1. The van der Waals surface area contributed by atoms with Gasteiger partial charge in [-0.05, 0) is 64.2 Å². The van der Waals surface area contributed by atoms with Crippen LogP contribution in [0, 0.1) is 0 Å². The molecule has 3 aromatic carbocycles. The summed E-state index contributed by atoms with van der Waals surface area (Å²) in [5, 5.41) is 3.06. The number of hydrogen-bond donors (Lipinski definition) is 1. The molecule has 5 rings (SSSR count). The lowest BCUT2D eigenvalue weighted by molar-refractivity contribution is -0.202. The highest BCUT2D eigenvalue weighted by Crippen LogP contribution is 2.28. The Labute approximate surface area is 176 Å². The predicted molar refractivity (Wildman–Crippen MR) is 119 cm³/mol. The Balaban J connectivity index is 1.34. The third-order valence-corrected chi connectivity index (χ3v) is 5.86. The van der Waals surface area contributed by atoms with Crippen molar-refractivity contribution in [2.45, 2.75) is 32.4 Å². The van der Waals surface area contributed by atoms with Crippen LogP contribution in [0.2, 0.25) is 0 Å². The highest BCUT2D eigenvalue weighted by atomic mass is 16.7. The van der Waals surface area contributed by atoms with Crippen molar-refractivity contribution in [2.75, 3.05) is 0 Å². The van der Waals surface area contributed by atoms with E-state index in [0.29, 0.717) is 6.54 Å². The minimum absolute atomic E-state index is 0.168. The summed E-state index contributed by atoms with van der Waals surface area (Å²) in [5.74, 6) is -0.276. The van der Waals surface area contributed by atoms with E-state index in [1.165, 1.54) is 34.6 Å². The van der Waals surface area contributed by atoms with E-state index in [9.17, 15) is 4.79 Å². The minimum atomic E-state index is -0.276. The molecule has 0 radical (unpaired) electrons. The first kappa shape index (κ1) is 18.6. The Bertz CT molecular complexity index is 1170. The molecule has 1 aliphatic rings. The molecular weight excluding hydrogens is 372 g/mol. The average Bonchev–Trinajstić information content (AvgIpc) is 3.39. The minimum Gasteiger partial charge on any atom is -0.368 e. The topological polar surface area (TPSA) is 45.3 Å². The molecule has 4 nitrogen and oxygen atoms in total. The fraction of sp³-hybridized carbons (Fsp3) is 0.192. The summed E-state index contributed by atoms with van der Waals surface area (Å²) < 4.78 is 0. The number of hydrogen-bond acceptors (Lipinski definition) is 3. The molecule has 4 heteroatoms. The fourth-order valence-corrected chi connectivity index (χ4v) is 4.36. The monoisotopic (exact) mass is 396 g/mol. The lowest BCUT2D eigenvalue weighted by Crippen LogP contribution is -2.36. The van der Waals surface area contributed by atoms with E-state index in [-0.39, 0.29) is 12.0 Å². The van der Waals surface area contributed by atoms with Gasteiger partial charge in [0, 0.05) is 18.6 Å². The molecule has 0 aliphatic heterocycles. The van der Waals surface area contributed by atoms with Gasteiger partial charge in [0.2, 0.25) is 0 Å². The number of carbonyl (C=O) groups is 1. The van der Waals surface area contributed by atoms with E-state index in [1.807, 2.05) is 11.3 Å². The molecule has 0 fully saturated rings. The lowest BCUT2D eigenvalue weighted by Gasteiger charge is -2.26. The Kier molecular flexibility index (Phi) is 4.85. The first-order valence-corrected chi connectivity index (χ1v) is 10.3. The molecule has 0 spiro atoms. The third kappa shape index (κ3) is 3.74. The molecule has 1 aliphatic carbocycles. The lowest BCUT2D eigenvalue weighted by atomic mass is 10.0. The molecule has 1 N–H and O–H groups in total. The quantitative estimate of drug-likeness (QED) is 0.467. The number of carbonyl (C=O) groups excluding carboxylic acids is 1. The standard InChI is InChI=1S/C26H24N2O2/c1-18(29)30-28(25-15-21-4-2-3-5-22(21)16-25)17-19-6-8-20(9-7-19)23-10-11-26-24(14-23)12-13-27-26/h2-14,25,27H,15-17H2,1H3. The zero-order valence-electron chi connectivity index (χ0n) is 17.0. The maximum atomic E-state index is 11.7. The Morgan fingerprint density at radius 1 is 0.967 bits per heavy atom. The zero-order valence-corrected chi connectivity index (χ0v) is 17.0. The SMILES string of the molecule is CC(=O)ON(Cc1ccc(-c2ccc3[nH]ccc3c2)cc1)C1Cc2ccccc2C1. The number of nitrogens with zero attached hydrogens (tertiary/aromatic N) is 1. The summed E-state index contributed by atoms with van der Waals surface area (Å²) in [6, 6.07) is 25.7. The van der Waals surface area contributed by atoms with Crippen LogP contribution in [0.5, 0.6) is 0 Å². The van der Waals surface area contributed by atoms with E-state index in [0.717, 1.165) is 23.9 Å². The molecule has 0 amide bonds. The number of hydroxylamine groups is 2. The van der Waals surface area contributed by atoms with Crippen LogP contribution >= 0.6 is 0 Å². The predicted octanol–water partition coefficient (Wildman–Crippen LogP) is 5.28. The maximum Gasteiger partial charge on any atom is 0.322 e. The number of fused-ring (bicyclic) bond motifs is 2. The molecule has 0 saturated heterocycles. The zero-order chi connectivity index (χ0) is 20.5. The van der Waals surface area contributed by atoms with E-state index in [1.54, 1.807) is 0 Å². The first-order valence-electron chi connectivity index (χ1n) is 10.3. The Morgan fingerprint density at radius 3 is 2.37 bits per heavy atom. The van der Waals surface area contributed by atoms with Gasteiger partial charge in [0.1, 0.15) is 0 Å². The van der Waals surface area contributed by atoms with Crippen molar-refractivity contribution in [2.24, 2.45) is 0 Å². The van der Waals surface area contributed by atoms with Gasteiger partial charge in [0.15, 0.2) is 0 Å². The molecule has 0 saturated carbocycles. The van der Waals surface area contributed by atoms with Crippen molar-refractivity contribution in [3.05, 3.63) is 95.7 Å². The van der Waals surface area contributed by atoms with Gasteiger partial charge in [-0.3, -0.25) is 4.79 Å². The molecule has 1 aromatic heterocycles. The number of rotatable bonds is 5. The highest BCUT2D eigenvalue weighted by molar-refractivity contribution is 5.85. The molecule has 30 heavy (non-hydrogen) atoms. The summed E-state index contributed by atoms with van der Waals surface area (Å²) in [5.41, 5.74) is 7.32. The van der Waals surface area contributed by atoms with Gasteiger partial charge in [-0.1, -0.05) is 54.6 Å². The fourth-order valence-electron chi connectivity index (χ4n) is 4.36. The smallest absolute Gasteiger partial charge is 0.322 e. The van der Waals surface area contributed by atoms with E-state index < -0.39 is 0 Å². The maximum absolute atomic E-state index is 11.7. The molecule has 150 valence electrons. The van der Waals surface area contributed by atoms with E-state index in [4.69, 9.17) is 4.84 Å². The summed E-state index contributed by atoms with van der Waals surface area (Å²) >= 11 is 0. The van der Waals surface area contributed by atoms with Gasteiger partial charge in [0.05, 0.1) is 12.6 Å². The van der Waals surface area contributed by atoms with Gasteiger partial charge in [-0.15, -0.1) is 5.06 Å². The van der Waals surface area contributed by atoms with Gasteiger partial charge in [0.25, 0.3) is 0 Å². The van der Waals surface area contributed by atoms with Gasteiger partial charge in [-0.25, -0.2) is 0 Å². The van der Waals surface area contributed by atoms with Gasteiger partial charge in [-0.2, -0.15) is 0 Å². The Morgan fingerprint density at radius 2 is 1.67 bits per heavy atom. The molecule has 1 heterocycles. The summed E-state index contributed by atoms with van der Waals surface area (Å²) in [4.78, 5) is 20.6. The van der Waals surface area contributed by atoms with Crippen LogP contribution in [-0.2, 0) is 29.0 Å². The molecule has 0 atom stereocenters. The number of nitrogens with one attached hydrogen (secondary N) is 1. The van der Waals surface area contributed by atoms with Crippen LogP contribution in [0.15, 0.2) is 79.0 Å². The van der Waals surface area contributed by atoms with E-state index >= 15 is 0 Å². The van der Waals surface area contributed by atoms with Crippen LogP contribution in [0.3, 0.4) is 0 Å². The van der Waals surface area contributed by atoms with Crippen molar-refractivity contribution in [3.63, 3.8) is 0 Å². The van der Waals surface area contributed by atoms with E-state index in [2.05, 4.69) is 77.8 Å².